The molecule has 4 nitrogen and oxygen atoms in total. The van der Waals surface area contributed by atoms with Crippen LogP contribution in [0.5, 0.6) is 5.75 Å². The van der Waals surface area contributed by atoms with E-state index in [1.807, 2.05) is 6.92 Å². The maximum absolute atomic E-state index is 13.6. The van der Waals surface area contributed by atoms with E-state index in [0.717, 1.165) is 19.4 Å². The monoisotopic (exact) mass is 240 g/mol. The molecule has 0 saturated carbocycles. The van der Waals surface area contributed by atoms with E-state index in [9.17, 15) is 4.39 Å². The second-order valence-corrected chi connectivity index (χ2v) is 3.98. The summed E-state index contributed by atoms with van der Waals surface area (Å²) < 4.78 is 18.9. The Hall–Kier alpha value is -1.49. The summed E-state index contributed by atoms with van der Waals surface area (Å²) >= 11 is 0. The van der Waals surface area contributed by atoms with Crippen molar-refractivity contribution in [3.8, 4) is 5.75 Å². The molecule has 1 aromatic carbocycles. The second kappa shape index (κ2) is 5.23. The topological polar surface area (TPSA) is 47.7 Å². The molecule has 0 aliphatic carbocycles. The number of nitrogens with zero attached hydrogens (tertiary/aromatic N) is 1. The van der Waals surface area contributed by atoms with Crippen molar-refractivity contribution in [3.05, 3.63) is 17.9 Å². The Kier molecular flexibility index (Phi) is 3.68. The van der Waals surface area contributed by atoms with Gasteiger partial charge >= 0.3 is 0 Å². The van der Waals surface area contributed by atoms with Gasteiger partial charge in [-0.25, -0.2) is 4.39 Å². The average molecular weight is 240 g/mol. The lowest BCUT2D eigenvalue weighted by Gasteiger charge is -2.19. The van der Waals surface area contributed by atoms with Gasteiger partial charge in [0.15, 0.2) is 11.6 Å². The number of hydrogen-bond donors (Lipinski definition) is 1. The fraction of sp³-hybridized carbons (Fsp3) is 0.500. The maximum atomic E-state index is 13.6. The average Bonchev–Trinajstić information content (AvgIpc) is 2.81. The Balaban J connectivity index is 2.24. The number of rotatable bonds is 4. The van der Waals surface area contributed by atoms with Crippen molar-refractivity contribution in [3.63, 3.8) is 0 Å². The van der Waals surface area contributed by atoms with Crippen LogP contribution in [-0.4, -0.2) is 19.8 Å². The number of halogens is 1. The van der Waals surface area contributed by atoms with Gasteiger partial charge in [-0.15, -0.1) is 0 Å². The fourth-order valence-electron chi connectivity index (χ4n) is 1.73. The van der Waals surface area contributed by atoms with E-state index in [2.05, 4.69) is 0 Å². The number of benzene rings is 1. The zero-order valence-electron chi connectivity index (χ0n) is 9.91. The number of anilines is 2. The Morgan fingerprint density at radius 2 is 2.35 bits per heavy atom. The van der Waals surface area contributed by atoms with E-state index in [1.54, 1.807) is 11.1 Å². The van der Waals surface area contributed by atoms with Gasteiger partial charge in [0, 0.05) is 18.7 Å². The van der Waals surface area contributed by atoms with E-state index in [0.29, 0.717) is 24.6 Å². The number of hydroxylamine groups is 1. The number of nitrogen functional groups attached to an aromatic ring is 1. The van der Waals surface area contributed by atoms with Crippen molar-refractivity contribution < 1.29 is 14.0 Å². The third-order valence-electron chi connectivity index (χ3n) is 2.56. The quantitative estimate of drug-likeness (QED) is 0.821. The molecule has 1 saturated heterocycles. The van der Waals surface area contributed by atoms with Gasteiger partial charge in [-0.2, -0.15) is 0 Å². The molecule has 0 spiro atoms. The minimum Gasteiger partial charge on any atom is -0.490 e. The molecular formula is C12H17FN2O2. The molecule has 0 amide bonds. The van der Waals surface area contributed by atoms with Gasteiger partial charge in [-0.3, -0.25) is 9.90 Å². The van der Waals surface area contributed by atoms with Gasteiger partial charge in [-0.1, -0.05) is 6.92 Å². The highest BCUT2D eigenvalue weighted by Crippen LogP contribution is 2.32. The molecule has 1 fully saturated rings. The minimum absolute atomic E-state index is 0.228. The van der Waals surface area contributed by atoms with Gasteiger partial charge in [0.25, 0.3) is 0 Å². The molecule has 0 radical (unpaired) electrons. The summed E-state index contributed by atoms with van der Waals surface area (Å²) in [5, 5.41) is 1.69. The molecule has 1 aromatic rings. The van der Waals surface area contributed by atoms with Crippen LogP contribution < -0.4 is 15.5 Å². The Labute approximate surface area is 100 Å². The van der Waals surface area contributed by atoms with Crippen LogP contribution in [0.1, 0.15) is 19.8 Å². The highest BCUT2D eigenvalue weighted by molar-refractivity contribution is 5.69. The predicted molar refractivity (Wildman–Crippen MR) is 64.5 cm³/mol. The van der Waals surface area contributed by atoms with Gasteiger partial charge in [0.2, 0.25) is 0 Å². The summed E-state index contributed by atoms with van der Waals surface area (Å²) in [5.41, 5.74) is 6.83. The maximum Gasteiger partial charge on any atom is 0.167 e. The van der Waals surface area contributed by atoms with Crippen LogP contribution in [0.3, 0.4) is 0 Å². The summed E-state index contributed by atoms with van der Waals surface area (Å²) in [7, 11) is 0. The third kappa shape index (κ3) is 2.61. The largest absolute Gasteiger partial charge is 0.490 e. The lowest BCUT2D eigenvalue weighted by atomic mass is 10.2. The van der Waals surface area contributed by atoms with Crippen molar-refractivity contribution in [2.45, 2.75) is 19.8 Å². The van der Waals surface area contributed by atoms with Crippen molar-refractivity contribution in [1.82, 2.24) is 0 Å². The SMILES string of the molecule is CCCOc1cc(N2CCCO2)c(N)cc1F. The second-order valence-electron chi connectivity index (χ2n) is 3.98. The molecule has 0 aromatic heterocycles. The zero-order chi connectivity index (χ0) is 12.3. The first kappa shape index (κ1) is 12.0. The molecular weight excluding hydrogens is 223 g/mol. The zero-order valence-corrected chi connectivity index (χ0v) is 9.91. The number of ether oxygens (including phenoxy) is 1. The van der Waals surface area contributed by atoms with Gasteiger partial charge in [0.05, 0.1) is 24.6 Å². The predicted octanol–water partition coefficient (Wildman–Crippen LogP) is 2.34. The third-order valence-corrected chi connectivity index (χ3v) is 2.56. The first-order valence-electron chi connectivity index (χ1n) is 5.84. The Morgan fingerprint density at radius 1 is 1.53 bits per heavy atom. The minimum atomic E-state index is -0.432. The normalized spacial score (nSPS) is 15.3. The highest BCUT2D eigenvalue weighted by atomic mass is 19.1. The highest BCUT2D eigenvalue weighted by Gasteiger charge is 2.18. The van der Waals surface area contributed by atoms with Crippen molar-refractivity contribution in [1.29, 1.82) is 0 Å². The van der Waals surface area contributed by atoms with Crippen LogP contribution in [0.15, 0.2) is 12.1 Å². The fourth-order valence-corrected chi connectivity index (χ4v) is 1.73. The van der Waals surface area contributed by atoms with Gasteiger partial charge in [-0.05, 0) is 12.8 Å². The summed E-state index contributed by atoms with van der Waals surface area (Å²) in [5.74, 6) is -0.203. The van der Waals surface area contributed by atoms with Crippen LogP contribution in [0.2, 0.25) is 0 Å². The number of nitrogens with two attached hydrogens (primary N) is 1. The van der Waals surface area contributed by atoms with Crippen molar-refractivity contribution in [2.24, 2.45) is 0 Å². The van der Waals surface area contributed by atoms with Crippen LogP contribution in [0.4, 0.5) is 15.8 Å². The molecule has 1 heterocycles. The Morgan fingerprint density at radius 3 is 3.00 bits per heavy atom. The van der Waals surface area contributed by atoms with Crippen molar-refractivity contribution in [2.75, 3.05) is 30.6 Å². The standard InChI is InChI=1S/C12H17FN2O2/c1-2-5-16-12-8-11(10(14)7-9(12)13)15-4-3-6-17-15/h7-8H,2-6,14H2,1H3. The molecule has 5 heteroatoms. The Bertz CT molecular complexity index is 392. The van der Waals surface area contributed by atoms with Crippen LogP contribution in [0, 0.1) is 5.82 Å². The number of hydrogen-bond acceptors (Lipinski definition) is 4. The lowest BCUT2D eigenvalue weighted by molar-refractivity contribution is 0.168. The molecule has 17 heavy (non-hydrogen) atoms. The smallest absolute Gasteiger partial charge is 0.167 e. The first-order valence-corrected chi connectivity index (χ1v) is 5.84. The molecule has 1 aliphatic heterocycles. The molecule has 2 rings (SSSR count). The molecule has 2 N–H and O–H groups in total. The van der Waals surface area contributed by atoms with Gasteiger partial charge in [0.1, 0.15) is 0 Å². The van der Waals surface area contributed by atoms with Crippen molar-refractivity contribution >= 4 is 11.4 Å². The van der Waals surface area contributed by atoms with E-state index in [-0.39, 0.29) is 5.75 Å². The van der Waals surface area contributed by atoms with E-state index < -0.39 is 5.82 Å². The van der Waals surface area contributed by atoms with Gasteiger partial charge < -0.3 is 10.5 Å². The molecule has 1 aliphatic rings. The van der Waals surface area contributed by atoms with Crippen LogP contribution >= 0.6 is 0 Å². The van der Waals surface area contributed by atoms with E-state index in [1.165, 1.54) is 6.07 Å². The first-order chi connectivity index (χ1) is 8.22. The molecule has 0 bridgehead atoms. The van der Waals surface area contributed by atoms with E-state index >= 15 is 0 Å². The summed E-state index contributed by atoms with van der Waals surface area (Å²) in [6, 6.07) is 2.88. The van der Waals surface area contributed by atoms with E-state index in [4.69, 9.17) is 15.3 Å². The summed E-state index contributed by atoms with van der Waals surface area (Å²) in [6.45, 7) is 3.89. The molecule has 94 valence electrons. The van der Waals surface area contributed by atoms with Crippen LogP contribution in [0.25, 0.3) is 0 Å². The molecule has 0 atom stereocenters. The molecule has 0 unspecified atom stereocenters. The van der Waals surface area contributed by atoms with Crippen LogP contribution in [-0.2, 0) is 4.84 Å². The lowest BCUT2D eigenvalue weighted by Crippen LogP contribution is -2.18. The summed E-state index contributed by atoms with van der Waals surface area (Å²) in [6.07, 6.45) is 1.78. The summed E-state index contributed by atoms with van der Waals surface area (Å²) in [4.78, 5) is 5.39.